The average Bonchev–Trinajstić information content (AvgIpc) is 2.60. The van der Waals surface area contributed by atoms with Gasteiger partial charge in [0.1, 0.15) is 0 Å². The van der Waals surface area contributed by atoms with Crippen LogP contribution in [0.15, 0.2) is 48.5 Å². The zero-order valence-corrected chi connectivity index (χ0v) is 16.1. The highest BCUT2D eigenvalue weighted by molar-refractivity contribution is 6.30. The third-order valence-corrected chi connectivity index (χ3v) is 4.26. The van der Waals surface area contributed by atoms with Crippen molar-refractivity contribution in [3.63, 3.8) is 0 Å². The summed E-state index contributed by atoms with van der Waals surface area (Å²) in [4.78, 5) is 27.7. The maximum absolute atomic E-state index is 12.2. The lowest BCUT2D eigenvalue weighted by Crippen LogP contribution is -2.31. The van der Waals surface area contributed by atoms with Gasteiger partial charge >= 0.3 is 0 Å². The summed E-state index contributed by atoms with van der Waals surface area (Å²) >= 11 is 5.88. The molecule has 138 valence electrons. The van der Waals surface area contributed by atoms with Crippen LogP contribution in [0.3, 0.4) is 0 Å². The normalized spacial score (nSPS) is 10.3. The fraction of sp³-hybridized carbons (Fsp3) is 0.300. The number of hydrogen-bond acceptors (Lipinski definition) is 3. The summed E-state index contributed by atoms with van der Waals surface area (Å²) in [5, 5.41) is 3.52. The van der Waals surface area contributed by atoms with Crippen LogP contribution in [0.5, 0.6) is 0 Å². The summed E-state index contributed by atoms with van der Waals surface area (Å²) in [6.07, 6.45) is 0.239. The largest absolute Gasteiger partial charge is 0.378 e. The molecule has 0 saturated heterocycles. The van der Waals surface area contributed by atoms with Crippen molar-refractivity contribution in [3.8, 4) is 0 Å². The van der Waals surface area contributed by atoms with Gasteiger partial charge in [-0.1, -0.05) is 23.7 Å². The number of rotatable bonds is 7. The lowest BCUT2D eigenvalue weighted by atomic mass is 10.2. The fourth-order valence-corrected chi connectivity index (χ4v) is 2.59. The molecule has 0 radical (unpaired) electrons. The first kappa shape index (κ1) is 19.8. The molecule has 0 aliphatic carbocycles. The van der Waals surface area contributed by atoms with Crippen LogP contribution in [-0.2, 0) is 16.1 Å². The zero-order valence-electron chi connectivity index (χ0n) is 15.3. The maximum Gasteiger partial charge on any atom is 0.226 e. The van der Waals surface area contributed by atoms with Gasteiger partial charge in [-0.2, -0.15) is 0 Å². The Morgan fingerprint density at radius 1 is 1.00 bits per heavy atom. The third-order valence-electron chi connectivity index (χ3n) is 4.01. The molecule has 5 nitrogen and oxygen atoms in total. The molecule has 0 aliphatic rings. The fourth-order valence-electron chi connectivity index (χ4n) is 2.46. The van der Waals surface area contributed by atoms with E-state index in [4.69, 9.17) is 11.6 Å². The number of hydrogen-bond donors (Lipinski definition) is 1. The quantitative estimate of drug-likeness (QED) is 0.803. The number of benzene rings is 2. The minimum absolute atomic E-state index is 0.0666. The van der Waals surface area contributed by atoms with E-state index in [1.807, 2.05) is 55.4 Å². The molecule has 2 amide bonds. The molecule has 0 aliphatic heterocycles. The molecule has 2 aromatic carbocycles. The molecule has 6 heteroatoms. The number of nitrogens with one attached hydrogen (secondary N) is 1. The molecule has 0 atom stereocenters. The average molecular weight is 374 g/mol. The smallest absolute Gasteiger partial charge is 0.226 e. The van der Waals surface area contributed by atoms with Crippen LogP contribution in [0.25, 0.3) is 0 Å². The van der Waals surface area contributed by atoms with Gasteiger partial charge in [0.15, 0.2) is 0 Å². The topological polar surface area (TPSA) is 52.7 Å². The van der Waals surface area contributed by atoms with E-state index < -0.39 is 0 Å². The van der Waals surface area contributed by atoms with Crippen molar-refractivity contribution in [1.29, 1.82) is 0 Å². The Labute approximate surface area is 159 Å². The molecule has 0 spiro atoms. The first-order chi connectivity index (χ1) is 12.3. The number of amides is 2. The maximum atomic E-state index is 12.2. The Morgan fingerprint density at radius 2 is 1.62 bits per heavy atom. The van der Waals surface area contributed by atoms with E-state index in [1.54, 1.807) is 17.0 Å². The second kappa shape index (κ2) is 9.25. The highest BCUT2D eigenvalue weighted by atomic mass is 35.5. The molecule has 0 saturated carbocycles. The van der Waals surface area contributed by atoms with Crippen molar-refractivity contribution >= 4 is 34.8 Å². The molecule has 1 N–H and O–H groups in total. The standard InChI is InChI=1S/C20H24ClN3O2/c1-15(25)24(14-16-4-6-17(21)7-5-16)13-12-20(26)22-18-8-10-19(11-9-18)23(2)3/h4-11H,12-14H2,1-3H3,(H,22,26). The second-order valence-electron chi connectivity index (χ2n) is 6.31. The molecular weight excluding hydrogens is 350 g/mol. The van der Waals surface area contributed by atoms with Crippen molar-refractivity contribution in [1.82, 2.24) is 4.90 Å². The summed E-state index contributed by atoms with van der Waals surface area (Å²) < 4.78 is 0. The SMILES string of the molecule is CC(=O)N(CCC(=O)Nc1ccc(N(C)C)cc1)Cc1ccc(Cl)cc1. The number of anilines is 2. The van der Waals surface area contributed by atoms with Crippen LogP contribution in [0, 0.1) is 0 Å². The van der Waals surface area contributed by atoms with E-state index in [1.165, 1.54) is 6.92 Å². The third kappa shape index (κ3) is 6.08. The van der Waals surface area contributed by atoms with Crippen molar-refractivity contribution < 1.29 is 9.59 Å². The minimum Gasteiger partial charge on any atom is -0.378 e. The second-order valence-corrected chi connectivity index (χ2v) is 6.74. The molecule has 2 aromatic rings. The van der Waals surface area contributed by atoms with Crippen LogP contribution >= 0.6 is 11.6 Å². The lowest BCUT2D eigenvalue weighted by molar-refractivity contribution is -0.129. The number of carbonyl (C=O) groups is 2. The zero-order chi connectivity index (χ0) is 19.1. The molecule has 0 unspecified atom stereocenters. The predicted molar refractivity (Wildman–Crippen MR) is 107 cm³/mol. The van der Waals surface area contributed by atoms with Crippen molar-refractivity contribution in [3.05, 3.63) is 59.1 Å². The van der Waals surface area contributed by atoms with E-state index in [2.05, 4.69) is 5.32 Å². The molecule has 0 aromatic heterocycles. The van der Waals surface area contributed by atoms with Crippen LogP contribution in [0.1, 0.15) is 18.9 Å². The summed E-state index contributed by atoms with van der Waals surface area (Å²) in [6.45, 7) is 2.32. The van der Waals surface area contributed by atoms with Crippen molar-refractivity contribution in [2.45, 2.75) is 19.9 Å². The number of halogens is 1. The monoisotopic (exact) mass is 373 g/mol. The Morgan fingerprint density at radius 3 is 2.15 bits per heavy atom. The van der Waals surface area contributed by atoms with E-state index in [0.29, 0.717) is 18.1 Å². The molecule has 0 heterocycles. The van der Waals surface area contributed by atoms with Gasteiger partial charge in [0, 0.05) is 56.9 Å². The van der Waals surface area contributed by atoms with Crippen LogP contribution < -0.4 is 10.2 Å². The number of carbonyl (C=O) groups excluding carboxylic acids is 2. The van der Waals surface area contributed by atoms with Crippen LogP contribution in [0.4, 0.5) is 11.4 Å². The van der Waals surface area contributed by atoms with Gasteiger partial charge in [0.25, 0.3) is 0 Å². The van der Waals surface area contributed by atoms with Gasteiger partial charge < -0.3 is 15.1 Å². The highest BCUT2D eigenvalue weighted by Gasteiger charge is 2.12. The van der Waals surface area contributed by atoms with Crippen LogP contribution in [-0.4, -0.2) is 37.4 Å². The molecular formula is C20H24ClN3O2. The van der Waals surface area contributed by atoms with E-state index >= 15 is 0 Å². The lowest BCUT2D eigenvalue weighted by Gasteiger charge is -2.21. The summed E-state index contributed by atoms with van der Waals surface area (Å²) in [6, 6.07) is 15.0. The van der Waals surface area contributed by atoms with Gasteiger partial charge in [-0.15, -0.1) is 0 Å². The van der Waals surface area contributed by atoms with Crippen molar-refractivity contribution in [2.75, 3.05) is 30.9 Å². The Bertz CT molecular complexity index is 743. The molecule has 2 rings (SSSR count). The van der Waals surface area contributed by atoms with E-state index in [-0.39, 0.29) is 18.2 Å². The van der Waals surface area contributed by atoms with Crippen LogP contribution in [0.2, 0.25) is 5.02 Å². The van der Waals surface area contributed by atoms with Crippen molar-refractivity contribution in [2.24, 2.45) is 0 Å². The summed E-state index contributed by atoms with van der Waals surface area (Å²) in [5.41, 5.74) is 2.78. The van der Waals surface area contributed by atoms with Gasteiger partial charge in [-0.25, -0.2) is 0 Å². The van der Waals surface area contributed by atoms with Gasteiger partial charge in [-0.3, -0.25) is 9.59 Å². The summed E-state index contributed by atoms with van der Waals surface area (Å²) in [5.74, 6) is -0.187. The first-order valence-corrected chi connectivity index (χ1v) is 8.80. The highest BCUT2D eigenvalue weighted by Crippen LogP contribution is 2.16. The Balaban J connectivity index is 1.88. The van der Waals surface area contributed by atoms with Gasteiger partial charge in [-0.05, 0) is 42.0 Å². The Kier molecular flexibility index (Phi) is 7.04. The predicted octanol–water partition coefficient (Wildman–Crippen LogP) is 3.78. The van der Waals surface area contributed by atoms with Gasteiger partial charge in [0.2, 0.25) is 11.8 Å². The molecule has 26 heavy (non-hydrogen) atoms. The summed E-state index contributed by atoms with van der Waals surface area (Å²) in [7, 11) is 3.93. The molecule has 0 fully saturated rings. The first-order valence-electron chi connectivity index (χ1n) is 8.42. The molecule has 0 bridgehead atoms. The Hall–Kier alpha value is -2.53. The van der Waals surface area contributed by atoms with Gasteiger partial charge in [0.05, 0.1) is 0 Å². The van der Waals surface area contributed by atoms with E-state index in [9.17, 15) is 9.59 Å². The number of nitrogens with zero attached hydrogens (tertiary/aromatic N) is 2. The minimum atomic E-state index is -0.120. The van der Waals surface area contributed by atoms with E-state index in [0.717, 1.165) is 16.9 Å².